The van der Waals surface area contributed by atoms with Gasteiger partial charge in [-0.3, -0.25) is 4.57 Å². The second-order valence-corrected chi connectivity index (χ2v) is 18.4. The highest BCUT2D eigenvalue weighted by molar-refractivity contribution is 6.09. The summed E-state index contributed by atoms with van der Waals surface area (Å²) in [5.74, 6) is 3.74. The van der Waals surface area contributed by atoms with E-state index in [1.54, 1.807) is 0 Å². The number of aromatic nitrogens is 4. The maximum absolute atomic E-state index is 6.91. The first-order chi connectivity index (χ1) is 25.6. The molecule has 54 heavy (non-hydrogen) atoms. The summed E-state index contributed by atoms with van der Waals surface area (Å²) in [5.41, 5.74) is 10.4. The molecule has 0 amide bonds. The van der Waals surface area contributed by atoms with E-state index in [4.69, 9.17) is 14.7 Å². The van der Waals surface area contributed by atoms with Gasteiger partial charge >= 0.3 is 0 Å². The van der Waals surface area contributed by atoms with Gasteiger partial charge in [-0.05, 0) is 110 Å². The number of aryl methyl sites for hydroxylation is 2. The van der Waals surface area contributed by atoms with Crippen LogP contribution in [0.2, 0.25) is 0 Å². The summed E-state index contributed by atoms with van der Waals surface area (Å²) in [6.45, 7) is 22.3. The molecule has 2 aliphatic rings. The van der Waals surface area contributed by atoms with E-state index >= 15 is 0 Å². The molecule has 0 atom stereocenters. The number of imidazole rings is 1. The van der Waals surface area contributed by atoms with Crippen LogP contribution in [0.4, 0.5) is 17.1 Å². The molecule has 0 saturated carbocycles. The molecule has 276 valence electrons. The third kappa shape index (κ3) is 5.80. The van der Waals surface area contributed by atoms with Gasteiger partial charge in [-0.15, -0.1) is 0 Å². The number of para-hydroxylation sites is 1. The first-order valence-corrected chi connectivity index (χ1v) is 19.6. The Kier molecular flexibility index (Phi) is 7.73. The van der Waals surface area contributed by atoms with E-state index in [0.29, 0.717) is 0 Å². The lowest BCUT2D eigenvalue weighted by Crippen LogP contribution is -2.42. The van der Waals surface area contributed by atoms with Crippen LogP contribution in [0.5, 0.6) is 11.5 Å². The van der Waals surface area contributed by atoms with Crippen LogP contribution in [0.1, 0.15) is 92.1 Å². The molecule has 0 bridgehead atoms. The summed E-state index contributed by atoms with van der Waals surface area (Å²) in [6.07, 6.45) is 5.40. The monoisotopic (exact) mass is 716 g/mol. The van der Waals surface area contributed by atoms with Gasteiger partial charge in [-0.25, -0.2) is 9.97 Å². The Labute approximate surface area is 319 Å². The van der Waals surface area contributed by atoms with E-state index in [1.807, 2.05) is 6.20 Å². The Bertz CT molecular complexity index is 2590. The third-order valence-electron chi connectivity index (χ3n) is 11.4. The zero-order valence-electron chi connectivity index (χ0n) is 33.3. The molecular weight excluding hydrogens is 665 g/mol. The smallest absolute Gasteiger partial charge is 0.137 e. The van der Waals surface area contributed by atoms with Crippen molar-refractivity contribution in [1.82, 2.24) is 19.1 Å². The molecule has 7 aromatic rings. The second-order valence-electron chi connectivity index (χ2n) is 18.4. The zero-order chi connectivity index (χ0) is 37.7. The topological polar surface area (TPSA) is 51.4 Å². The van der Waals surface area contributed by atoms with Crippen LogP contribution in [0.25, 0.3) is 38.7 Å². The fraction of sp³-hybridized carbons (Fsp3) is 0.362. The van der Waals surface area contributed by atoms with Crippen molar-refractivity contribution in [2.45, 2.75) is 104 Å². The highest BCUT2D eigenvalue weighted by Gasteiger charge is 2.36. The Morgan fingerprint density at radius 2 is 1.43 bits per heavy atom. The molecule has 0 radical (unpaired) electrons. The average Bonchev–Trinajstić information content (AvgIpc) is 3.79. The molecule has 0 fully saturated rings. The van der Waals surface area contributed by atoms with E-state index < -0.39 is 0 Å². The molecule has 4 aromatic carbocycles. The first-order valence-electron chi connectivity index (χ1n) is 19.6. The largest absolute Gasteiger partial charge is 0.457 e. The maximum Gasteiger partial charge on any atom is 0.137 e. The number of fused-ring (bicyclic) bond motifs is 7. The van der Waals surface area contributed by atoms with Crippen LogP contribution in [0.3, 0.4) is 0 Å². The van der Waals surface area contributed by atoms with Crippen LogP contribution < -0.4 is 14.5 Å². The van der Waals surface area contributed by atoms with Crippen LogP contribution >= 0.6 is 0 Å². The molecule has 0 N–H and O–H groups in total. The van der Waals surface area contributed by atoms with Crippen LogP contribution in [0, 0.1) is 0 Å². The summed E-state index contributed by atoms with van der Waals surface area (Å²) in [6, 6.07) is 30.9. The first kappa shape index (κ1) is 34.5. The van der Waals surface area contributed by atoms with Gasteiger partial charge in [0.05, 0.1) is 40.1 Å². The van der Waals surface area contributed by atoms with Gasteiger partial charge in [0.15, 0.2) is 0 Å². The lowest BCUT2D eigenvalue weighted by Gasteiger charge is -2.34. The Morgan fingerprint density at radius 3 is 2.20 bits per heavy atom. The maximum atomic E-state index is 6.91. The number of hydrogen-bond acceptors (Lipinski definition) is 5. The van der Waals surface area contributed by atoms with Crippen molar-refractivity contribution in [3.63, 3.8) is 0 Å². The minimum Gasteiger partial charge on any atom is -0.457 e. The summed E-state index contributed by atoms with van der Waals surface area (Å²) in [5, 5.41) is 2.37. The molecular formula is C47H52N6O. The van der Waals surface area contributed by atoms with Crippen molar-refractivity contribution < 1.29 is 4.74 Å². The fourth-order valence-electron chi connectivity index (χ4n) is 8.35. The van der Waals surface area contributed by atoms with Gasteiger partial charge in [0.2, 0.25) is 0 Å². The van der Waals surface area contributed by atoms with Crippen LogP contribution in [-0.2, 0) is 23.8 Å². The average molecular weight is 717 g/mol. The standard InChI is InChI=1S/C47H52N6O/c1-45(2,3)30-19-20-48-44(24-30)53-38-15-11-10-14-35(38)36-18-17-33(26-39(36)53)54-34-23-31(46(4,5)6)22-32(25-34)51-29-52(47(7,8)9)42-28-40-37(27-41(42)51)49-43-16-12-13-21-50(40)43/h10-11,14-15,17-20,22-28H,12-13,16,21,29H2,1-9H3. The third-order valence-corrected chi connectivity index (χ3v) is 11.4. The van der Waals surface area contributed by atoms with Gasteiger partial charge in [0.1, 0.15) is 23.1 Å². The molecule has 0 spiro atoms. The predicted molar refractivity (Wildman–Crippen MR) is 224 cm³/mol. The van der Waals surface area contributed by atoms with Crippen LogP contribution in [0.15, 0.2) is 91.1 Å². The molecule has 5 heterocycles. The number of hydrogen-bond donors (Lipinski definition) is 0. The van der Waals surface area contributed by atoms with Crippen molar-refractivity contribution in [3.05, 3.63) is 108 Å². The molecule has 7 heteroatoms. The number of anilines is 3. The van der Waals surface area contributed by atoms with Crippen molar-refractivity contribution in [2.24, 2.45) is 0 Å². The highest BCUT2D eigenvalue weighted by atomic mass is 16.5. The number of pyridine rings is 1. The van der Waals surface area contributed by atoms with Gasteiger partial charge in [0, 0.05) is 53.3 Å². The zero-order valence-corrected chi connectivity index (χ0v) is 33.3. The Hall–Kier alpha value is -5.30. The lowest BCUT2D eigenvalue weighted by molar-refractivity contribution is 0.479. The van der Waals surface area contributed by atoms with E-state index in [2.05, 4.69) is 166 Å². The normalized spacial score (nSPS) is 15.1. The minimum absolute atomic E-state index is 0.00432. The van der Waals surface area contributed by atoms with Gasteiger partial charge in [-0.2, -0.15) is 0 Å². The molecule has 9 rings (SSSR count). The van der Waals surface area contributed by atoms with Crippen molar-refractivity contribution in [3.8, 4) is 17.3 Å². The van der Waals surface area contributed by atoms with Gasteiger partial charge < -0.3 is 19.1 Å². The molecule has 7 nitrogen and oxygen atoms in total. The second kappa shape index (κ2) is 12.1. The summed E-state index contributed by atoms with van der Waals surface area (Å²) in [4.78, 5) is 15.0. The Morgan fingerprint density at radius 1 is 0.648 bits per heavy atom. The highest BCUT2D eigenvalue weighted by Crippen LogP contribution is 2.48. The SMILES string of the molecule is CC(C)(C)c1cc(Oc2ccc3c4ccccc4n(-c4cc(C(C)(C)C)ccn4)c3c2)cc(N2CN(C(C)(C)C)c3cc4c(cc32)nc2n4CCCC2)c1. The lowest BCUT2D eigenvalue weighted by atomic mass is 9.86. The Balaban J connectivity index is 1.16. The molecule has 3 aromatic heterocycles. The minimum atomic E-state index is -0.0899. The van der Waals surface area contributed by atoms with Gasteiger partial charge in [-0.1, -0.05) is 59.7 Å². The molecule has 0 saturated heterocycles. The van der Waals surface area contributed by atoms with E-state index in [9.17, 15) is 0 Å². The van der Waals surface area contributed by atoms with Crippen LogP contribution in [-0.4, -0.2) is 31.3 Å². The number of nitrogens with zero attached hydrogens (tertiary/aromatic N) is 6. The van der Waals surface area contributed by atoms with Crippen molar-refractivity contribution in [2.75, 3.05) is 16.5 Å². The van der Waals surface area contributed by atoms with E-state index in [0.717, 1.165) is 59.2 Å². The van der Waals surface area contributed by atoms with Gasteiger partial charge in [0.25, 0.3) is 0 Å². The molecule has 0 aliphatic carbocycles. The fourth-order valence-corrected chi connectivity index (χ4v) is 8.35. The summed E-state index contributed by atoms with van der Waals surface area (Å²) in [7, 11) is 0. The number of benzene rings is 4. The summed E-state index contributed by atoms with van der Waals surface area (Å²) < 4.78 is 11.6. The van der Waals surface area contributed by atoms with E-state index in [-0.39, 0.29) is 16.4 Å². The molecule has 0 unspecified atom stereocenters. The predicted octanol–water partition coefficient (Wildman–Crippen LogP) is 12.0. The number of ether oxygens (including phenoxy) is 1. The number of rotatable bonds is 4. The van der Waals surface area contributed by atoms with Crippen molar-refractivity contribution in [1.29, 1.82) is 0 Å². The summed E-state index contributed by atoms with van der Waals surface area (Å²) >= 11 is 0. The van der Waals surface area contributed by atoms with E-state index in [1.165, 1.54) is 57.5 Å². The molecule has 2 aliphatic heterocycles. The quantitative estimate of drug-likeness (QED) is 0.181. The van der Waals surface area contributed by atoms with Crippen molar-refractivity contribution >= 4 is 49.9 Å².